The van der Waals surface area contributed by atoms with Gasteiger partial charge in [0.05, 0.1) is 5.92 Å². The maximum Gasteiger partial charge on any atom is 0.396 e. The predicted octanol–water partition coefficient (Wildman–Crippen LogP) is 4.50. The topological polar surface area (TPSA) is 32.3 Å². The number of nitrogens with one attached hydrogen (secondary N) is 1. The molecule has 0 saturated carbocycles. The van der Waals surface area contributed by atoms with Crippen LogP contribution in [0.2, 0.25) is 0 Å². The standard InChI is InChI=1S/C20H29F3N2O/c21-20(22,23)18(17-10-4-1-5-11-17)16-19(26)24-12-6-2-7-13-25-14-8-3-9-15-25/h1,4-5,10-11,18H,2-3,6-9,12-16H2,(H,24,26). The Bertz CT molecular complexity index is 528. The molecule has 1 saturated heterocycles. The molecule has 0 aliphatic carbocycles. The van der Waals surface area contributed by atoms with Gasteiger partial charge >= 0.3 is 6.18 Å². The lowest BCUT2D eigenvalue weighted by molar-refractivity contribution is -0.157. The fourth-order valence-electron chi connectivity index (χ4n) is 3.41. The number of nitrogens with zero attached hydrogens (tertiary/aromatic N) is 1. The van der Waals surface area contributed by atoms with E-state index in [4.69, 9.17) is 0 Å². The number of hydrogen-bond acceptors (Lipinski definition) is 2. The molecular weight excluding hydrogens is 341 g/mol. The van der Waals surface area contributed by atoms with Crippen LogP contribution in [0.4, 0.5) is 13.2 Å². The number of alkyl halides is 3. The van der Waals surface area contributed by atoms with Crippen LogP contribution in [-0.2, 0) is 4.79 Å². The van der Waals surface area contributed by atoms with Crippen LogP contribution in [-0.4, -0.2) is 43.2 Å². The summed E-state index contributed by atoms with van der Waals surface area (Å²) in [6.07, 6.45) is 1.76. The second-order valence-corrected chi connectivity index (χ2v) is 7.02. The van der Waals surface area contributed by atoms with Crippen LogP contribution >= 0.6 is 0 Å². The van der Waals surface area contributed by atoms with Crippen LogP contribution < -0.4 is 5.32 Å². The average Bonchev–Trinajstić information content (AvgIpc) is 2.63. The molecule has 0 radical (unpaired) electrons. The number of halogens is 3. The molecular formula is C20H29F3N2O. The summed E-state index contributed by atoms with van der Waals surface area (Å²) in [6.45, 7) is 3.88. The molecule has 1 atom stereocenters. The monoisotopic (exact) mass is 370 g/mol. The van der Waals surface area contributed by atoms with Crippen molar-refractivity contribution in [3.63, 3.8) is 0 Å². The van der Waals surface area contributed by atoms with Crippen molar-refractivity contribution < 1.29 is 18.0 Å². The highest BCUT2D eigenvalue weighted by Crippen LogP contribution is 2.37. The van der Waals surface area contributed by atoms with Gasteiger partial charge in [-0.1, -0.05) is 43.2 Å². The zero-order valence-corrected chi connectivity index (χ0v) is 15.2. The smallest absolute Gasteiger partial charge is 0.356 e. The van der Waals surface area contributed by atoms with Gasteiger partial charge in [0.1, 0.15) is 0 Å². The van der Waals surface area contributed by atoms with Crippen LogP contribution in [0.1, 0.15) is 56.4 Å². The van der Waals surface area contributed by atoms with Gasteiger partial charge in [-0.15, -0.1) is 0 Å². The lowest BCUT2D eigenvalue weighted by atomic mass is 9.95. The molecule has 2 rings (SSSR count). The van der Waals surface area contributed by atoms with Gasteiger partial charge in [-0.2, -0.15) is 13.2 Å². The van der Waals surface area contributed by atoms with E-state index in [2.05, 4.69) is 10.2 Å². The zero-order chi connectivity index (χ0) is 18.8. The minimum atomic E-state index is -4.42. The van der Waals surface area contributed by atoms with E-state index >= 15 is 0 Å². The Labute approximate surface area is 154 Å². The first-order valence-corrected chi connectivity index (χ1v) is 9.57. The van der Waals surface area contributed by atoms with Gasteiger partial charge < -0.3 is 10.2 Å². The lowest BCUT2D eigenvalue weighted by Gasteiger charge is -2.26. The van der Waals surface area contributed by atoms with Crippen molar-refractivity contribution in [2.75, 3.05) is 26.2 Å². The average molecular weight is 370 g/mol. The Kier molecular flexibility index (Phi) is 8.42. The summed E-state index contributed by atoms with van der Waals surface area (Å²) in [7, 11) is 0. The van der Waals surface area contributed by atoms with Crippen LogP contribution in [0.5, 0.6) is 0 Å². The molecule has 1 N–H and O–H groups in total. The largest absolute Gasteiger partial charge is 0.396 e. The number of unbranched alkanes of at least 4 members (excludes halogenated alkanes) is 2. The van der Waals surface area contributed by atoms with Crippen molar-refractivity contribution in [3.8, 4) is 0 Å². The van der Waals surface area contributed by atoms with E-state index in [0.29, 0.717) is 6.54 Å². The highest BCUT2D eigenvalue weighted by atomic mass is 19.4. The van der Waals surface area contributed by atoms with Crippen molar-refractivity contribution in [2.24, 2.45) is 0 Å². The molecule has 1 aromatic rings. The summed E-state index contributed by atoms with van der Waals surface area (Å²) >= 11 is 0. The third-order valence-corrected chi connectivity index (χ3v) is 4.91. The molecule has 1 aliphatic rings. The number of likely N-dealkylation sites (tertiary alicyclic amines) is 1. The number of rotatable bonds is 9. The highest BCUT2D eigenvalue weighted by Gasteiger charge is 2.41. The zero-order valence-electron chi connectivity index (χ0n) is 15.2. The minimum absolute atomic E-state index is 0.136. The fraction of sp³-hybridized carbons (Fsp3) is 0.650. The number of hydrogen-bond donors (Lipinski definition) is 1. The van der Waals surface area contributed by atoms with E-state index in [-0.39, 0.29) is 5.56 Å². The van der Waals surface area contributed by atoms with Gasteiger partial charge in [0.25, 0.3) is 0 Å². The first kappa shape index (κ1) is 20.7. The molecule has 1 aromatic carbocycles. The molecule has 1 aliphatic heterocycles. The second-order valence-electron chi connectivity index (χ2n) is 7.02. The Morgan fingerprint density at radius 3 is 2.38 bits per heavy atom. The molecule has 1 unspecified atom stereocenters. The molecule has 6 heteroatoms. The summed E-state index contributed by atoms with van der Waals surface area (Å²) in [5.74, 6) is -2.28. The molecule has 26 heavy (non-hydrogen) atoms. The van der Waals surface area contributed by atoms with Gasteiger partial charge in [0.2, 0.25) is 5.91 Å². The van der Waals surface area contributed by atoms with E-state index in [9.17, 15) is 18.0 Å². The van der Waals surface area contributed by atoms with E-state index in [0.717, 1.165) is 25.8 Å². The van der Waals surface area contributed by atoms with Crippen LogP contribution in [0.3, 0.4) is 0 Å². The van der Waals surface area contributed by atoms with Gasteiger partial charge in [-0.05, 0) is 50.9 Å². The van der Waals surface area contributed by atoms with E-state index in [1.165, 1.54) is 44.5 Å². The number of amides is 1. The third-order valence-electron chi connectivity index (χ3n) is 4.91. The normalized spacial score (nSPS) is 17.0. The fourth-order valence-corrected chi connectivity index (χ4v) is 3.41. The second kappa shape index (κ2) is 10.6. The quantitative estimate of drug-likeness (QED) is 0.650. The maximum atomic E-state index is 13.2. The lowest BCUT2D eigenvalue weighted by Crippen LogP contribution is -2.31. The van der Waals surface area contributed by atoms with Crippen LogP contribution in [0, 0.1) is 0 Å². The van der Waals surface area contributed by atoms with E-state index < -0.39 is 24.4 Å². The summed E-state index contributed by atoms with van der Waals surface area (Å²) in [6, 6.07) is 7.64. The number of carbonyl (C=O) groups is 1. The minimum Gasteiger partial charge on any atom is -0.356 e. The Hall–Kier alpha value is -1.56. The summed E-state index contributed by atoms with van der Waals surface area (Å²) < 4.78 is 39.7. The van der Waals surface area contributed by atoms with E-state index in [1.807, 2.05) is 0 Å². The van der Waals surface area contributed by atoms with Gasteiger partial charge in [0.15, 0.2) is 0 Å². The summed E-state index contributed by atoms with van der Waals surface area (Å²) in [5.41, 5.74) is 0.136. The van der Waals surface area contributed by atoms with Crippen LogP contribution in [0.25, 0.3) is 0 Å². The van der Waals surface area contributed by atoms with Gasteiger partial charge in [0, 0.05) is 13.0 Å². The van der Waals surface area contributed by atoms with Crippen molar-refractivity contribution in [1.82, 2.24) is 10.2 Å². The Balaban J connectivity index is 1.65. The molecule has 0 bridgehead atoms. The van der Waals surface area contributed by atoms with Crippen molar-refractivity contribution in [2.45, 2.75) is 57.0 Å². The predicted molar refractivity (Wildman–Crippen MR) is 97.0 cm³/mol. The first-order chi connectivity index (χ1) is 12.5. The van der Waals surface area contributed by atoms with Crippen LogP contribution in [0.15, 0.2) is 30.3 Å². The first-order valence-electron chi connectivity index (χ1n) is 9.57. The molecule has 0 aromatic heterocycles. The summed E-state index contributed by atoms with van der Waals surface area (Å²) in [4.78, 5) is 14.4. The van der Waals surface area contributed by atoms with E-state index in [1.54, 1.807) is 18.2 Å². The molecule has 146 valence electrons. The molecule has 1 fully saturated rings. The number of carbonyl (C=O) groups excluding carboxylic acids is 1. The SMILES string of the molecule is O=C(CC(c1ccccc1)C(F)(F)F)NCCCCCN1CCCCC1. The third kappa shape index (κ3) is 7.36. The van der Waals surface area contributed by atoms with Crippen molar-refractivity contribution in [1.29, 1.82) is 0 Å². The van der Waals surface area contributed by atoms with Gasteiger partial charge in [-0.3, -0.25) is 4.79 Å². The highest BCUT2D eigenvalue weighted by molar-refractivity contribution is 5.77. The summed E-state index contributed by atoms with van der Waals surface area (Å²) in [5, 5.41) is 2.64. The maximum absolute atomic E-state index is 13.2. The molecule has 1 amide bonds. The Morgan fingerprint density at radius 1 is 1.04 bits per heavy atom. The van der Waals surface area contributed by atoms with Crippen molar-refractivity contribution in [3.05, 3.63) is 35.9 Å². The molecule has 1 heterocycles. The Morgan fingerprint density at radius 2 is 1.73 bits per heavy atom. The van der Waals surface area contributed by atoms with Gasteiger partial charge in [-0.25, -0.2) is 0 Å². The molecule has 3 nitrogen and oxygen atoms in total. The van der Waals surface area contributed by atoms with Crippen molar-refractivity contribution >= 4 is 5.91 Å². The molecule has 0 spiro atoms. The number of piperidine rings is 1. The number of benzene rings is 1.